The van der Waals surface area contributed by atoms with Crippen LogP contribution in [0.3, 0.4) is 0 Å². The summed E-state index contributed by atoms with van der Waals surface area (Å²) in [6, 6.07) is 11.0. The zero-order chi connectivity index (χ0) is 11.9. The second-order valence-electron chi connectivity index (χ2n) is 3.90. The molecule has 2 rings (SSSR count). The van der Waals surface area contributed by atoms with Crippen LogP contribution in [-0.2, 0) is 13.0 Å². The van der Waals surface area contributed by atoms with Gasteiger partial charge in [0.25, 0.3) is 0 Å². The van der Waals surface area contributed by atoms with E-state index in [1.165, 1.54) is 16.0 Å². The average molecular weight is 263 g/mol. The highest BCUT2D eigenvalue weighted by molar-refractivity contribution is 7.99. The summed E-state index contributed by atoms with van der Waals surface area (Å²) in [6.07, 6.45) is 1.16. The smallest absolute Gasteiger partial charge is 0.0202 e. The highest BCUT2D eigenvalue weighted by Gasteiger charge is 1.97. The molecule has 1 N–H and O–H groups in total. The Morgan fingerprint density at radius 1 is 1.12 bits per heavy atom. The van der Waals surface area contributed by atoms with Crippen molar-refractivity contribution >= 4 is 23.1 Å². The Bertz CT molecular complexity index is 420. The SMILES string of the molecule is CNCc1ccc(SCCc2ccsc2)cc1. The fourth-order valence-electron chi connectivity index (χ4n) is 1.63. The molecule has 0 aliphatic rings. The summed E-state index contributed by atoms with van der Waals surface area (Å²) in [4.78, 5) is 1.36. The molecule has 90 valence electrons. The van der Waals surface area contributed by atoms with Gasteiger partial charge in [-0.15, -0.1) is 11.8 Å². The predicted molar refractivity (Wildman–Crippen MR) is 78.0 cm³/mol. The molecular weight excluding hydrogens is 246 g/mol. The van der Waals surface area contributed by atoms with Crippen LogP contribution in [0, 0.1) is 0 Å². The quantitative estimate of drug-likeness (QED) is 0.796. The first kappa shape index (κ1) is 12.7. The molecule has 1 nitrogen and oxygen atoms in total. The second-order valence-corrected chi connectivity index (χ2v) is 5.85. The molecule has 0 amide bonds. The van der Waals surface area contributed by atoms with Gasteiger partial charge in [-0.05, 0) is 53.6 Å². The first-order valence-electron chi connectivity index (χ1n) is 5.76. The first-order chi connectivity index (χ1) is 8.38. The molecule has 0 radical (unpaired) electrons. The number of aryl methyl sites for hydroxylation is 1. The minimum absolute atomic E-state index is 0.944. The monoisotopic (exact) mass is 263 g/mol. The number of benzene rings is 1. The van der Waals surface area contributed by atoms with Gasteiger partial charge in [0.15, 0.2) is 0 Å². The van der Waals surface area contributed by atoms with Gasteiger partial charge in [0.2, 0.25) is 0 Å². The second kappa shape index (κ2) is 6.84. The molecule has 0 unspecified atom stereocenters. The number of thiophene rings is 1. The number of hydrogen-bond acceptors (Lipinski definition) is 3. The van der Waals surface area contributed by atoms with E-state index in [1.807, 2.05) is 18.8 Å². The lowest BCUT2D eigenvalue weighted by molar-refractivity contribution is 0.817. The van der Waals surface area contributed by atoms with Crippen LogP contribution in [0.25, 0.3) is 0 Å². The lowest BCUT2D eigenvalue weighted by Gasteiger charge is -2.03. The third kappa shape index (κ3) is 4.19. The summed E-state index contributed by atoms with van der Waals surface area (Å²) < 4.78 is 0. The number of thioether (sulfide) groups is 1. The van der Waals surface area contributed by atoms with Crippen LogP contribution in [-0.4, -0.2) is 12.8 Å². The minimum atomic E-state index is 0.944. The van der Waals surface area contributed by atoms with Gasteiger partial charge in [0.05, 0.1) is 0 Å². The molecule has 0 atom stereocenters. The summed E-state index contributed by atoms with van der Waals surface area (Å²) in [5.41, 5.74) is 2.80. The third-order valence-electron chi connectivity index (χ3n) is 2.54. The Kier molecular flexibility index (Phi) is 5.10. The Morgan fingerprint density at radius 3 is 2.59 bits per heavy atom. The van der Waals surface area contributed by atoms with Gasteiger partial charge in [-0.1, -0.05) is 12.1 Å². The van der Waals surface area contributed by atoms with Gasteiger partial charge in [-0.25, -0.2) is 0 Å². The van der Waals surface area contributed by atoms with Crippen molar-refractivity contribution in [1.82, 2.24) is 5.32 Å². The third-order valence-corrected chi connectivity index (χ3v) is 4.29. The van der Waals surface area contributed by atoms with Crippen LogP contribution in [0.1, 0.15) is 11.1 Å². The van der Waals surface area contributed by atoms with E-state index in [-0.39, 0.29) is 0 Å². The van der Waals surface area contributed by atoms with Gasteiger partial charge in [-0.3, -0.25) is 0 Å². The van der Waals surface area contributed by atoms with Crippen LogP contribution in [0.5, 0.6) is 0 Å². The molecule has 0 bridgehead atoms. The summed E-state index contributed by atoms with van der Waals surface area (Å²) in [7, 11) is 1.98. The lowest BCUT2D eigenvalue weighted by atomic mass is 10.2. The van der Waals surface area contributed by atoms with E-state index in [9.17, 15) is 0 Å². The molecule has 2 aromatic rings. The molecule has 0 aliphatic carbocycles. The average Bonchev–Trinajstić information content (AvgIpc) is 2.85. The fourth-order valence-corrected chi connectivity index (χ4v) is 3.23. The zero-order valence-electron chi connectivity index (χ0n) is 9.98. The fraction of sp³-hybridized carbons (Fsp3) is 0.286. The topological polar surface area (TPSA) is 12.0 Å². The van der Waals surface area contributed by atoms with Crippen molar-refractivity contribution in [2.24, 2.45) is 0 Å². The molecule has 0 spiro atoms. The molecule has 1 aromatic carbocycles. The van der Waals surface area contributed by atoms with Crippen molar-refractivity contribution in [1.29, 1.82) is 0 Å². The first-order valence-corrected chi connectivity index (χ1v) is 7.69. The van der Waals surface area contributed by atoms with E-state index in [2.05, 4.69) is 46.4 Å². The molecular formula is C14H17NS2. The summed E-state index contributed by atoms with van der Waals surface area (Å²) in [5.74, 6) is 1.15. The molecule has 0 saturated carbocycles. The molecule has 0 saturated heterocycles. The Balaban J connectivity index is 1.79. The van der Waals surface area contributed by atoms with Crippen molar-refractivity contribution in [3.63, 3.8) is 0 Å². The highest BCUT2D eigenvalue weighted by atomic mass is 32.2. The summed E-state index contributed by atoms with van der Waals surface area (Å²) >= 11 is 3.71. The summed E-state index contributed by atoms with van der Waals surface area (Å²) in [6.45, 7) is 0.944. The Morgan fingerprint density at radius 2 is 1.94 bits per heavy atom. The van der Waals surface area contributed by atoms with Gasteiger partial charge in [0.1, 0.15) is 0 Å². The Hall–Kier alpha value is -0.770. The number of hydrogen-bond donors (Lipinski definition) is 1. The number of nitrogens with one attached hydrogen (secondary N) is 1. The van der Waals surface area contributed by atoms with Crippen molar-refractivity contribution in [2.75, 3.05) is 12.8 Å². The standard InChI is InChI=1S/C14H17NS2/c1-15-10-12-2-4-14(5-3-12)17-9-7-13-6-8-16-11-13/h2-6,8,11,15H,7,9-10H2,1H3. The van der Waals surface area contributed by atoms with E-state index in [0.29, 0.717) is 0 Å². The minimum Gasteiger partial charge on any atom is -0.316 e. The van der Waals surface area contributed by atoms with Crippen LogP contribution < -0.4 is 5.32 Å². The van der Waals surface area contributed by atoms with Gasteiger partial charge in [-0.2, -0.15) is 11.3 Å². The van der Waals surface area contributed by atoms with E-state index < -0.39 is 0 Å². The van der Waals surface area contributed by atoms with Crippen LogP contribution in [0.2, 0.25) is 0 Å². The zero-order valence-corrected chi connectivity index (χ0v) is 11.6. The lowest BCUT2D eigenvalue weighted by Crippen LogP contribution is -2.04. The van der Waals surface area contributed by atoms with E-state index in [4.69, 9.17) is 0 Å². The molecule has 1 heterocycles. The molecule has 0 fully saturated rings. The summed E-state index contributed by atoms with van der Waals surface area (Å²) in [5, 5.41) is 7.54. The van der Waals surface area contributed by atoms with Crippen LogP contribution in [0.4, 0.5) is 0 Å². The maximum Gasteiger partial charge on any atom is 0.0202 e. The Labute approximate surface area is 111 Å². The van der Waals surface area contributed by atoms with Crippen molar-refractivity contribution < 1.29 is 0 Å². The molecule has 0 aliphatic heterocycles. The van der Waals surface area contributed by atoms with Crippen molar-refractivity contribution in [3.05, 3.63) is 52.2 Å². The molecule has 1 aromatic heterocycles. The van der Waals surface area contributed by atoms with Crippen LogP contribution in [0.15, 0.2) is 46.0 Å². The maximum absolute atomic E-state index is 3.16. The van der Waals surface area contributed by atoms with E-state index in [0.717, 1.165) is 18.7 Å². The predicted octanol–water partition coefficient (Wildman–Crippen LogP) is 3.80. The van der Waals surface area contributed by atoms with E-state index >= 15 is 0 Å². The normalized spacial score (nSPS) is 10.6. The van der Waals surface area contributed by atoms with Gasteiger partial charge >= 0.3 is 0 Å². The van der Waals surface area contributed by atoms with Gasteiger partial charge in [0, 0.05) is 17.2 Å². The van der Waals surface area contributed by atoms with Gasteiger partial charge < -0.3 is 5.32 Å². The maximum atomic E-state index is 3.16. The molecule has 17 heavy (non-hydrogen) atoms. The van der Waals surface area contributed by atoms with Crippen molar-refractivity contribution in [2.45, 2.75) is 17.9 Å². The van der Waals surface area contributed by atoms with Crippen molar-refractivity contribution in [3.8, 4) is 0 Å². The molecule has 3 heteroatoms. The highest BCUT2D eigenvalue weighted by Crippen LogP contribution is 2.20. The largest absolute Gasteiger partial charge is 0.316 e. The van der Waals surface area contributed by atoms with Crippen LogP contribution >= 0.6 is 23.1 Å². The van der Waals surface area contributed by atoms with E-state index in [1.54, 1.807) is 11.3 Å². The number of rotatable bonds is 6.